The van der Waals surface area contributed by atoms with Crippen LogP contribution in [-0.4, -0.2) is 25.9 Å². The van der Waals surface area contributed by atoms with Crippen molar-refractivity contribution in [2.45, 2.75) is 39.3 Å². The van der Waals surface area contributed by atoms with Gasteiger partial charge in [-0.3, -0.25) is 0 Å². The van der Waals surface area contributed by atoms with Crippen molar-refractivity contribution in [2.75, 3.05) is 19.8 Å². The van der Waals surface area contributed by atoms with E-state index >= 15 is 0 Å². The van der Waals surface area contributed by atoms with Gasteiger partial charge < -0.3 is 14.8 Å². The fraction of sp³-hybridized carbons (Fsp3) is 0.625. The monoisotopic (exact) mass is 281 g/mol. The number of hydrogen-bond donors (Lipinski definition) is 1. The molecule has 0 saturated carbocycles. The minimum atomic E-state index is -0.277. The third-order valence-electron chi connectivity index (χ3n) is 3.37. The lowest BCUT2D eigenvalue weighted by Crippen LogP contribution is -2.27. The number of para-hydroxylation sites is 1. The molecule has 0 bridgehead atoms. The molecule has 1 aliphatic heterocycles. The first-order valence-corrected chi connectivity index (χ1v) is 7.39. The highest BCUT2D eigenvalue weighted by Crippen LogP contribution is 2.26. The Balaban J connectivity index is 2.01. The van der Waals surface area contributed by atoms with E-state index < -0.39 is 0 Å². The number of benzene rings is 1. The van der Waals surface area contributed by atoms with Gasteiger partial charge in [-0.05, 0) is 18.5 Å². The van der Waals surface area contributed by atoms with E-state index in [1.807, 2.05) is 6.07 Å². The normalized spacial score (nSPS) is 16.6. The number of rotatable bonds is 6. The lowest BCUT2D eigenvalue weighted by atomic mass is 10.1. The molecule has 0 radical (unpaired) electrons. The van der Waals surface area contributed by atoms with Gasteiger partial charge in [0.2, 0.25) is 0 Å². The maximum absolute atomic E-state index is 14.0. The first-order valence-electron chi connectivity index (χ1n) is 7.39. The van der Waals surface area contributed by atoms with Crippen molar-refractivity contribution in [1.82, 2.24) is 5.32 Å². The van der Waals surface area contributed by atoms with Gasteiger partial charge in [-0.2, -0.15) is 0 Å². The molecule has 20 heavy (non-hydrogen) atoms. The maximum Gasteiger partial charge on any atom is 0.165 e. The second-order valence-electron chi connectivity index (χ2n) is 5.68. The highest BCUT2D eigenvalue weighted by atomic mass is 19.1. The van der Waals surface area contributed by atoms with E-state index in [1.165, 1.54) is 6.07 Å². The Kier molecular flexibility index (Phi) is 5.80. The Hall–Kier alpha value is -1.13. The smallest absolute Gasteiger partial charge is 0.165 e. The summed E-state index contributed by atoms with van der Waals surface area (Å²) < 4.78 is 25.2. The predicted octanol–water partition coefficient (Wildman–Crippen LogP) is 3.13. The molecule has 1 saturated heterocycles. The topological polar surface area (TPSA) is 30.5 Å². The van der Waals surface area contributed by atoms with Gasteiger partial charge in [0.25, 0.3) is 0 Å². The van der Waals surface area contributed by atoms with Gasteiger partial charge in [-0.1, -0.05) is 26.0 Å². The van der Waals surface area contributed by atoms with Gasteiger partial charge in [-0.15, -0.1) is 0 Å². The first kappa shape index (κ1) is 15.3. The standard InChI is InChI=1S/C16H24FNO2/c1-12(2)10-18-11-13-4-3-5-15(17)16(13)20-14-6-8-19-9-7-14/h3-5,12,14,18H,6-11H2,1-2H3. The zero-order chi connectivity index (χ0) is 14.4. The summed E-state index contributed by atoms with van der Waals surface area (Å²) in [6, 6.07) is 5.12. The van der Waals surface area contributed by atoms with Crippen molar-refractivity contribution in [3.05, 3.63) is 29.6 Å². The molecule has 1 heterocycles. The summed E-state index contributed by atoms with van der Waals surface area (Å²) in [6.45, 7) is 7.23. The number of hydrogen-bond acceptors (Lipinski definition) is 3. The zero-order valence-corrected chi connectivity index (χ0v) is 12.3. The SMILES string of the molecule is CC(C)CNCc1cccc(F)c1OC1CCOCC1. The summed E-state index contributed by atoms with van der Waals surface area (Å²) >= 11 is 0. The van der Waals surface area contributed by atoms with Gasteiger partial charge >= 0.3 is 0 Å². The summed E-state index contributed by atoms with van der Waals surface area (Å²) in [4.78, 5) is 0. The van der Waals surface area contributed by atoms with Crippen LogP contribution in [0.3, 0.4) is 0 Å². The van der Waals surface area contributed by atoms with Crippen LogP contribution in [0.1, 0.15) is 32.3 Å². The Morgan fingerprint density at radius 1 is 1.35 bits per heavy atom. The lowest BCUT2D eigenvalue weighted by molar-refractivity contribution is 0.0235. The van der Waals surface area contributed by atoms with Gasteiger partial charge in [-0.25, -0.2) is 4.39 Å². The largest absolute Gasteiger partial charge is 0.487 e. The quantitative estimate of drug-likeness (QED) is 0.869. The second-order valence-corrected chi connectivity index (χ2v) is 5.68. The van der Waals surface area contributed by atoms with Gasteiger partial charge in [0.1, 0.15) is 6.10 Å². The van der Waals surface area contributed by atoms with E-state index in [0.29, 0.717) is 31.4 Å². The van der Waals surface area contributed by atoms with Crippen molar-refractivity contribution < 1.29 is 13.9 Å². The van der Waals surface area contributed by atoms with Gasteiger partial charge in [0.05, 0.1) is 13.2 Å². The Labute approximate surface area is 120 Å². The molecule has 3 nitrogen and oxygen atoms in total. The molecule has 1 N–H and O–H groups in total. The third-order valence-corrected chi connectivity index (χ3v) is 3.37. The molecule has 0 aromatic heterocycles. The molecule has 0 unspecified atom stereocenters. The van der Waals surface area contributed by atoms with E-state index in [4.69, 9.17) is 9.47 Å². The molecule has 0 aliphatic carbocycles. The lowest BCUT2D eigenvalue weighted by Gasteiger charge is -2.25. The van der Waals surface area contributed by atoms with Crippen LogP contribution in [0.25, 0.3) is 0 Å². The van der Waals surface area contributed by atoms with Crippen LogP contribution in [0, 0.1) is 11.7 Å². The summed E-state index contributed by atoms with van der Waals surface area (Å²) in [5, 5.41) is 3.33. The van der Waals surface area contributed by atoms with Crippen LogP contribution in [0.4, 0.5) is 4.39 Å². The first-order chi connectivity index (χ1) is 9.66. The average molecular weight is 281 g/mol. The summed E-state index contributed by atoms with van der Waals surface area (Å²) in [6.07, 6.45) is 1.71. The minimum Gasteiger partial charge on any atom is -0.487 e. The van der Waals surface area contributed by atoms with Gasteiger partial charge in [0, 0.05) is 24.9 Å². The van der Waals surface area contributed by atoms with Crippen molar-refractivity contribution in [3.8, 4) is 5.75 Å². The van der Waals surface area contributed by atoms with Crippen LogP contribution in [0.15, 0.2) is 18.2 Å². The minimum absolute atomic E-state index is 0.0597. The molecule has 112 valence electrons. The van der Waals surface area contributed by atoms with Crippen molar-refractivity contribution in [2.24, 2.45) is 5.92 Å². The molecule has 1 aromatic rings. The molecule has 4 heteroatoms. The fourth-order valence-corrected chi connectivity index (χ4v) is 2.28. The van der Waals surface area contributed by atoms with Gasteiger partial charge in [0.15, 0.2) is 11.6 Å². The molecule has 1 aliphatic rings. The molecule has 0 amide bonds. The van der Waals surface area contributed by atoms with Crippen molar-refractivity contribution >= 4 is 0 Å². The van der Waals surface area contributed by atoms with E-state index in [2.05, 4.69) is 19.2 Å². The second kappa shape index (κ2) is 7.60. The Morgan fingerprint density at radius 3 is 2.80 bits per heavy atom. The molecule has 1 fully saturated rings. The average Bonchev–Trinajstić information content (AvgIpc) is 2.43. The number of ether oxygens (including phenoxy) is 2. The summed E-state index contributed by atoms with van der Waals surface area (Å²) in [5.41, 5.74) is 0.886. The molecule has 2 rings (SSSR count). The number of halogens is 1. The third kappa shape index (κ3) is 4.46. The van der Waals surface area contributed by atoms with E-state index in [0.717, 1.165) is 24.9 Å². The fourth-order valence-electron chi connectivity index (χ4n) is 2.28. The Morgan fingerprint density at radius 2 is 2.10 bits per heavy atom. The predicted molar refractivity (Wildman–Crippen MR) is 77.4 cm³/mol. The molecular weight excluding hydrogens is 257 g/mol. The van der Waals surface area contributed by atoms with Crippen LogP contribution in [-0.2, 0) is 11.3 Å². The van der Waals surface area contributed by atoms with Crippen molar-refractivity contribution in [1.29, 1.82) is 0 Å². The Bertz CT molecular complexity index is 417. The van der Waals surface area contributed by atoms with Crippen LogP contribution in [0.2, 0.25) is 0 Å². The zero-order valence-electron chi connectivity index (χ0n) is 12.3. The van der Waals surface area contributed by atoms with Crippen LogP contribution in [0.5, 0.6) is 5.75 Å². The molecular formula is C16H24FNO2. The molecule has 0 spiro atoms. The molecule has 1 aromatic carbocycles. The highest BCUT2D eigenvalue weighted by Gasteiger charge is 2.19. The van der Waals surface area contributed by atoms with Crippen LogP contribution < -0.4 is 10.1 Å². The summed E-state index contributed by atoms with van der Waals surface area (Å²) in [5.74, 6) is 0.694. The number of nitrogens with one attached hydrogen (secondary N) is 1. The summed E-state index contributed by atoms with van der Waals surface area (Å²) in [7, 11) is 0. The molecule has 0 atom stereocenters. The maximum atomic E-state index is 14.0. The van der Waals surface area contributed by atoms with Crippen LogP contribution >= 0.6 is 0 Å². The van der Waals surface area contributed by atoms with E-state index in [-0.39, 0.29) is 11.9 Å². The van der Waals surface area contributed by atoms with E-state index in [1.54, 1.807) is 6.07 Å². The highest BCUT2D eigenvalue weighted by molar-refractivity contribution is 5.35. The van der Waals surface area contributed by atoms with Crippen molar-refractivity contribution in [3.63, 3.8) is 0 Å². The van der Waals surface area contributed by atoms with E-state index in [9.17, 15) is 4.39 Å².